The minimum Gasteiger partial charge on any atom is -0.339 e. The van der Waals surface area contributed by atoms with E-state index in [1.807, 2.05) is 36.1 Å². The Balaban J connectivity index is 1.59. The van der Waals surface area contributed by atoms with Crippen LogP contribution in [-0.4, -0.2) is 32.5 Å². The van der Waals surface area contributed by atoms with Gasteiger partial charge in [-0.25, -0.2) is 0 Å². The zero-order valence-electron chi connectivity index (χ0n) is 15.1. The molecule has 3 aromatic rings. The molecule has 0 N–H and O–H groups in total. The number of benzene rings is 1. The topological polar surface area (TPSA) is 72.1 Å². The molecule has 0 spiro atoms. The van der Waals surface area contributed by atoms with Gasteiger partial charge in [0.05, 0.1) is 0 Å². The average molecular weight is 350 g/mol. The fraction of sp³-hybridized carbons (Fsp3) is 0.300. The summed E-state index contributed by atoms with van der Waals surface area (Å²) < 4.78 is 5.27. The average Bonchev–Trinajstić information content (AvgIpc) is 3.15. The molecule has 1 amide bonds. The number of amides is 1. The van der Waals surface area contributed by atoms with E-state index in [2.05, 4.69) is 34.2 Å². The third-order valence-corrected chi connectivity index (χ3v) is 4.32. The van der Waals surface area contributed by atoms with Gasteiger partial charge in [0, 0.05) is 43.9 Å². The van der Waals surface area contributed by atoms with Gasteiger partial charge in [-0.2, -0.15) is 4.98 Å². The molecule has 0 aliphatic carbocycles. The molecule has 0 saturated carbocycles. The van der Waals surface area contributed by atoms with E-state index in [0.29, 0.717) is 37.6 Å². The number of aromatic nitrogens is 3. The molecule has 0 atom stereocenters. The summed E-state index contributed by atoms with van der Waals surface area (Å²) in [5.74, 6) is 1.07. The molecule has 26 heavy (non-hydrogen) atoms. The number of rotatable bonds is 7. The van der Waals surface area contributed by atoms with Crippen molar-refractivity contribution in [2.24, 2.45) is 0 Å². The Kier molecular flexibility index (Phi) is 5.73. The fourth-order valence-corrected chi connectivity index (χ4v) is 2.72. The molecule has 0 radical (unpaired) electrons. The monoisotopic (exact) mass is 350 g/mol. The summed E-state index contributed by atoms with van der Waals surface area (Å²) in [7, 11) is 0. The number of aryl methyl sites for hydroxylation is 2. The van der Waals surface area contributed by atoms with Crippen molar-refractivity contribution in [3.8, 4) is 11.4 Å². The van der Waals surface area contributed by atoms with Gasteiger partial charge in [0.25, 0.3) is 0 Å². The summed E-state index contributed by atoms with van der Waals surface area (Å²) in [5, 5.41) is 3.97. The predicted octanol–water partition coefficient (Wildman–Crippen LogP) is 3.42. The van der Waals surface area contributed by atoms with E-state index < -0.39 is 0 Å². The largest absolute Gasteiger partial charge is 0.339 e. The van der Waals surface area contributed by atoms with Crippen molar-refractivity contribution in [1.29, 1.82) is 0 Å². The Morgan fingerprint density at radius 2 is 1.92 bits per heavy atom. The first-order valence-electron chi connectivity index (χ1n) is 8.72. The summed E-state index contributed by atoms with van der Waals surface area (Å²) in [6, 6.07) is 11.8. The Labute approximate surface area is 152 Å². The third kappa shape index (κ3) is 4.33. The van der Waals surface area contributed by atoms with Gasteiger partial charge in [-0.05, 0) is 37.1 Å². The highest BCUT2D eigenvalue weighted by Crippen LogP contribution is 2.16. The van der Waals surface area contributed by atoms with Crippen molar-refractivity contribution in [1.82, 2.24) is 20.0 Å². The van der Waals surface area contributed by atoms with Gasteiger partial charge in [0.2, 0.25) is 17.6 Å². The van der Waals surface area contributed by atoms with Crippen molar-refractivity contribution in [2.75, 3.05) is 6.54 Å². The van der Waals surface area contributed by atoms with Crippen LogP contribution in [0.25, 0.3) is 11.4 Å². The van der Waals surface area contributed by atoms with Crippen LogP contribution in [-0.2, 0) is 17.8 Å². The first kappa shape index (κ1) is 17.8. The number of hydrogen-bond acceptors (Lipinski definition) is 5. The number of pyridine rings is 1. The lowest BCUT2D eigenvalue weighted by Crippen LogP contribution is -2.30. The van der Waals surface area contributed by atoms with Crippen LogP contribution in [0.1, 0.15) is 30.4 Å². The second kappa shape index (κ2) is 8.38. The molecule has 2 aromatic heterocycles. The molecule has 3 rings (SSSR count). The molecule has 6 heteroatoms. The Bertz CT molecular complexity index is 861. The highest BCUT2D eigenvalue weighted by molar-refractivity contribution is 5.76. The zero-order chi connectivity index (χ0) is 18.4. The van der Waals surface area contributed by atoms with E-state index in [0.717, 1.165) is 5.56 Å². The van der Waals surface area contributed by atoms with Crippen molar-refractivity contribution < 1.29 is 9.32 Å². The van der Waals surface area contributed by atoms with Crippen LogP contribution in [0.2, 0.25) is 0 Å². The molecule has 134 valence electrons. The van der Waals surface area contributed by atoms with E-state index >= 15 is 0 Å². The molecule has 0 aliphatic heterocycles. The molecule has 6 nitrogen and oxygen atoms in total. The molecule has 0 fully saturated rings. The molecule has 0 saturated heterocycles. The molecule has 0 unspecified atom stereocenters. The maximum absolute atomic E-state index is 12.6. The fourth-order valence-electron chi connectivity index (χ4n) is 2.72. The third-order valence-electron chi connectivity index (χ3n) is 4.32. The summed E-state index contributed by atoms with van der Waals surface area (Å²) >= 11 is 0. The Morgan fingerprint density at radius 1 is 1.15 bits per heavy atom. The molecule has 2 heterocycles. The van der Waals surface area contributed by atoms with Gasteiger partial charge < -0.3 is 9.42 Å². The number of carbonyl (C=O) groups excluding carboxylic acids is 1. The first-order valence-corrected chi connectivity index (χ1v) is 8.72. The van der Waals surface area contributed by atoms with E-state index in [4.69, 9.17) is 4.52 Å². The minimum atomic E-state index is 0.0828. The Hall–Kier alpha value is -3.02. The molecular formula is C20H22N4O2. The maximum atomic E-state index is 12.6. The van der Waals surface area contributed by atoms with Gasteiger partial charge >= 0.3 is 0 Å². The van der Waals surface area contributed by atoms with Gasteiger partial charge in [-0.15, -0.1) is 0 Å². The van der Waals surface area contributed by atoms with Crippen LogP contribution in [0.15, 0.2) is 53.3 Å². The van der Waals surface area contributed by atoms with Crippen LogP contribution in [0, 0.1) is 6.92 Å². The van der Waals surface area contributed by atoms with E-state index in [1.54, 1.807) is 12.4 Å². The summed E-state index contributed by atoms with van der Waals surface area (Å²) in [6.07, 6.45) is 4.14. The lowest BCUT2D eigenvalue weighted by Gasteiger charge is -2.21. The maximum Gasteiger partial charge on any atom is 0.227 e. The van der Waals surface area contributed by atoms with Crippen LogP contribution in [0.5, 0.6) is 0 Å². The standard InChI is InChI=1S/C20H22N4O2/c1-3-24(14-17-7-5-4-6-15(17)2)19(25)9-8-18-22-20(23-26-18)16-10-12-21-13-11-16/h4-7,10-13H,3,8-9,14H2,1-2H3. The normalized spacial score (nSPS) is 10.7. The lowest BCUT2D eigenvalue weighted by molar-refractivity contribution is -0.131. The van der Waals surface area contributed by atoms with Crippen LogP contribution < -0.4 is 0 Å². The number of carbonyl (C=O) groups is 1. The summed E-state index contributed by atoms with van der Waals surface area (Å²) in [4.78, 5) is 22.7. The summed E-state index contributed by atoms with van der Waals surface area (Å²) in [6.45, 7) is 5.34. The zero-order valence-corrected chi connectivity index (χ0v) is 15.1. The van der Waals surface area contributed by atoms with Crippen molar-refractivity contribution >= 4 is 5.91 Å². The second-order valence-corrected chi connectivity index (χ2v) is 6.08. The molecular weight excluding hydrogens is 328 g/mol. The van der Waals surface area contributed by atoms with Crippen LogP contribution >= 0.6 is 0 Å². The number of hydrogen-bond donors (Lipinski definition) is 0. The van der Waals surface area contributed by atoms with Crippen molar-refractivity contribution in [2.45, 2.75) is 33.2 Å². The smallest absolute Gasteiger partial charge is 0.227 e. The van der Waals surface area contributed by atoms with E-state index in [1.165, 1.54) is 11.1 Å². The number of nitrogens with zero attached hydrogens (tertiary/aromatic N) is 4. The lowest BCUT2D eigenvalue weighted by atomic mass is 10.1. The van der Waals surface area contributed by atoms with Crippen molar-refractivity contribution in [3.63, 3.8) is 0 Å². The first-order chi connectivity index (χ1) is 12.7. The molecule has 1 aromatic carbocycles. The quantitative estimate of drug-likeness (QED) is 0.653. The van der Waals surface area contributed by atoms with Crippen LogP contribution in [0.4, 0.5) is 0 Å². The summed E-state index contributed by atoms with van der Waals surface area (Å²) in [5.41, 5.74) is 3.20. The minimum absolute atomic E-state index is 0.0828. The van der Waals surface area contributed by atoms with Gasteiger partial charge in [-0.3, -0.25) is 9.78 Å². The van der Waals surface area contributed by atoms with E-state index in [-0.39, 0.29) is 5.91 Å². The van der Waals surface area contributed by atoms with Gasteiger partial charge in [0.15, 0.2) is 0 Å². The molecule has 0 aliphatic rings. The SMILES string of the molecule is CCN(Cc1ccccc1C)C(=O)CCc1nc(-c2ccncc2)no1. The molecule has 0 bridgehead atoms. The van der Waals surface area contributed by atoms with Gasteiger partial charge in [-0.1, -0.05) is 29.4 Å². The van der Waals surface area contributed by atoms with E-state index in [9.17, 15) is 4.79 Å². The van der Waals surface area contributed by atoms with Crippen molar-refractivity contribution in [3.05, 3.63) is 65.8 Å². The van der Waals surface area contributed by atoms with Gasteiger partial charge in [0.1, 0.15) is 0 Å². The highest BCUT2D eigenvalue weighted by Gasteiger charge is 2.15. The highest BCUT2D eigenvalue weighted by atomic mass is 16.5. The second-order valence-electron chi connectivity index (χ2n) is 6.08. The Morgan fingerprint density at radius 3 is 2.65 bits per heavy atom. The predicted molar refractivity (Wildman–Crippen MR) is 98.1 cm³/mol. The van der Waals surface area contributed by atoms with Crippen LogP contribution in [0.3, 0.4) is 0 Å².